The summed E-state index contributed by atoms with van der Waals surface area (Å²) >= 11 is 0. The lowest BCUT2D eigenvalue weighted by Gasteiger charge is -2.30. The molecule has 1 aliphatic heterocycles. The Kier molecular flexibility index (Phi) is 8.12. The number of hydrogen-bond donors (Lipinski definition) is 2. The van der Waals surface area contributed by atoms with E-state index >= 15 is 0 Å². The molecule has 2 aromatic rings. The van der Waals surface area contributed by atoms with Gasteiger partial charge in [-0.15, -0.1) is 0 Å². The molecule has 0 radical (unpaired) electrons. The fourth-order valence-electron chi connectivity index (χ4n) is 5.67. The third kappa shape index (κ3) is 5.32. The van der Waals surface area contributed by atoms with Crippen LogP contribution in [-0.2, 0) is 14.4 Å². The van der Waals surface area contributed by atoms with Gasteiger partial charge in [0.1, 0.15) is 6.04 Å². The number of imide groups is 1. The van der Waals surface area contributed by atoms with E-state index in [4.69, 9.17) is 5.73 Å². The average molecular weight is 490 g/mol. The summed E-state index contributed by atoms with van der Waals surface area (Å²) in [5.74, 6) is -0.732. The molecule has 3 atom stereocenters. The lowest BCUT2D eigenvalue weighted by atomic mass is 9.86. The fourth-order valence-corrected chi connectivity index (χ4v) is 5.67. The average Bonchev–Trinajstić information content (AvgIpc) is 2.97. The second-order valence-corrected chi connectivity index (χ2v) is 10.6. The summed E-state index contributed by atoms with van der Waals surface area (Å²) in [5, 5.41) is 3.04. The molecule has 1 aliphatic carbocycles. The summed E-state index contributed by atoms with van der Waals surface area (Å²) < 4.78 is 0. The van der Waals surface area contributed by atoms with Crippen molar-refractivity contribution >= 4 is 29.1 Å². The molecule has 192 valence electrons. The Bertz CT molecular complexity index is 1120. The van der Waals surface area contributed by atoms with Crippen molar-refractivity contribution in [3.63, 3.8) is 0 Å². The van der Waals surface area contributed by atoms with E-state index in [1.165, 1.54) is 11.3 Å². The fraction of sp³-hybridized carbons (Fsp3) is 0.500. The maximum Gasteiger partial charge on any atom is 0.256 e. The maximum atomic E-state index is 14.2. The molecule has 3 amide bonds. The number of nitrogen functional groups attached to an aromatic ring is 1. The van der Waals surface area contributed by atoms with Crippen molar-refractivity contribution in [1.82, 2.24) is 5.32 Å². The highest BCUT2D eigenvalue weighted by Gasteiger charge is 2.39. The van der Waals surface area contributed by atoms with E-state index in [2.05, 4.69) is 19.2 Å². The zero-order valence-corrected chi connectivity index (χ0v) is 21.8. The SMILES string of the molecule is CCC(C)C[C@H](NC(=O)CC1CCCCC1)C(=O)N1C(=O)C(C)c2ccccc2-c2c(N)cccc21. The Morgan fingerprint density at radius 3 is 2.53 bits per heavy atom. The molecule has 1 heterocycles. The molecule has 2 aliphatic rings. The summed E-state index contributed by atoms with van der Waals surface area (Å²) in [6, 6.07) is 12.3. The van der Waals surface area contributed by atoms with Crippen LogP contribution in [0.2, 0.25) is 0 Å². The van der Waals surface area contributed by atoms with E-state index in [-0.39, 0.29) is 23.6 Å². The van der Waals surface area contributed by atoms with E-state index in [0.717, 1.165) is 43.2 Å². The zero-order valence-electron chi connectivity index (χ0n) is 21.8. The molecule has 0 aromatic heterocycles. The van der Waals surface area contributed by atoms with Crippen molar-refractivity contribution in [2.45, 2.75) is 84.1 Å². The molecule has 6 heteroatoms. The molecule has 2 aromatic carbocycles. The second kappa shape index (κ2) is 11.3. The summed E-state index contributed by atoms with van der Waals surface area (Å²) in [6.07, 6.45) is 7.46. The van der Waals surface area contributed by atoms with Gasteiger partial charge in [0.05, 0.1) is 11.6 Å². The van der Waals surface area contributed by atoms with Gasteiger partial charge in [-0.05, 0) is 61.3 Å². The first kappa shape index (κ1) is 25.9. The Hall–Kier alpha value is -3.15. The quantitative estimate of drug-likeness (QED) is 0.481. The largest absolute Gasteiger partial charge is 0.398 e. The molecule has 2 unspecified atom stereocenters. The number of hydrogen-bond acceptors (Lipinski definition) is 4. The van der Waals surface area contributed by atoms with Gasteiger partial charge in [-0.25, -0.2) is 4.90 Å². The molecule has 0 bridgehead atoms. The van der Waals surface area contributed by atoms with Crippen LogP contribution in [0.5, 0.6) is 0 Å². The number of carbonyl (C=O) groups excluding carboxylic acids is 3. The number of amides is 3. The van der Waals surface area contributed by atoms with Gasteiger partial charge in [0.2, 0.25) is 11.8 Å². The van der Waals surface area contributed by atoms with Crippen LogP contribution < -0.4 is 16.0 Å². The highest BCUT2D eigenvalue weighted by molar-refractivity contribution is 6.22. The Labute approximate surface area is 214 Å². The lowest BCUT2D eigenvalue weighted by molar-refractivity contribution is -0.132. The van der Waals surface area contributed by atoms with Crippen molar-refractivity contribution < 1.29 is 14.4 Å². The Balaban J connectivity index is 1.69. The van der Waals surface area contributed by atoms with Gasteiger partial charge >= 0.3 is 0 Å². The first-order valence-electron chi connectivity index (χ1n) is 13.5. The van der Waals surface area contributed by atoms with Crippen molar-refractivity contribution in [2.75, 3.05) is 10.6 Å². The monoisotopic (exact) mass is 489 g/mol. The molecule has 36 heavy (non-hydrogen) atoms. The standard InChI is InChI=1S/C30H39N3O3/c1-4-19(2)17-25(32-27(34)18-21-11-6-5-7-12-21)30(36)33-26-16-10-15-24(31)28(26)23-14-9-8-13-22(23)20(3)29(33)35/h8-10,13-16,19-21,25H,4-7,11-12,17-18,31H2,1-3H3,(H,32,34)/t19?,20?,25-/m0/s1. The predicted octanol–water partition coefficient (Wildman–Crippen LogP) is 5.80. The second-order valence-electron chi connectivity index (χ2n) is 10.6. The van der Waals surface area contributed by atoms with Gasteiger partial charge < -0.3 is 11.1 Å². The van der Waals surface area contributed by atoms with Crippen molar-refractivity contribution in [3.8, 4) is 11.1 Å². The topological polar surface area (TPSA) is 92.5 Å². The number of nitrogens with two attached hydrogens (primary N) is 1. The van der Waals surface area contributed by atoms with Gasteiger partial charge in [-0.2, -0.15) is 0 Å². The third-order valence-corrected chi connectivity index (χ3v) is 7.99. The molecule has 0 saturated heterocycles. The van der Waals surface area contributed by atoms with Crippen molar-refractivity contribution in [1.29, 1.82) is 0 Å². The van der Waals surface area contributed by atoms with Gasteiger partial charge in [-0.1, -0.05) is 69.9 Å². The van der Waals surface area contributed by atoms with E-state index in [1.807, 2.05) is 31.2 Å². The summed E-state index contributed by atoms with van der Waals surface area (Å²) in [4.78, 5) is 42.4. The molecule has 4 rings (SSSR count). The van der Waals surface area contributed by atoms with Crippen LogP contribution >= 0.6 is 0 Å². The number of anilines is 2. The minimum Gasteiger partial charge on any atom is -0.398 e. The summed E-state index contributed by atoms with van der Waals surface area (Å²) in [7, 11) is 0. The van der Waals surface area contributed by atoms with Crippen molar-refractivity contribution in [3.05, 3.63) is 48.0 Å². The molecular formula is C30H39N3O3. The van der Waals surface area contributed by atoms with Gasteiger partial charge in [-0.3, -0.25) is 14.4 Å². The lowest BCUT2D eigenvalue weighted by Crippen LogP contribution is -2.52. The molecular weight excluding hydrogens is 450 g/mol. The van der Waals surface area contributed by atoms with Gasteiger partial charge in [0.15, 0.2) is 0 Å². The van der Waals surface area contributed by atoms with Crippen molar-refractivity contribution in [2.24, 2.45) is 11.8 Å². The van der Waals surface area contributed by atoms with E-state index in [9.17, 15) is 14.4 Å². The summed E-state index contributed by atoms with van der Waals surface area (Å²) in [6.45, 7) is 5.97. The summed E-state index contributed by atoms with van der Waals surface area (Å²) in [5.41, 5.74) is 9.82. The predicted molar refractivity (Wildman–Crippen MR) is 144 cm³/mol. The molecule has 6 nitrogen and oxygen atoms in total. The number of rotatable bonds is 7. The van der Waals surface area contributed by atoms with E-state index in [0.29, 0.717) is 35.7 Å². The zero-order chi connectivity index (χ0) is 25.8. The molecule has 1 fully saturated rings. The number of benzene rings is 2. The van der Waals surface area contributed by atoms with Gasteiger partial charge in [0, 0.05) is 17.7 Å². The van der Waals surface area contributed by atoms with Crippen LogP contribution in [0.4, 0.5) is 11.4 Å². The van der Waals surface area contributed by atoms with E-state index in [1.54, 1.807) is 18.2 Å². The highest BCUT2D eigenvalue weighted by Crippen LogP contribution is 2.44. The van der Waals surface area contributed by atoms with E-state index < -0.39 is 12.0 Å². The van der Waals surface area contributed by atoms with Crippen LogP contribution in [0.15, 0.2) is 42.5 Å². The smallest absolute Gasteiger partial charge is 0.256 e. The number of carbonyl (C=O) groups is 3. The number of nitrogens with one attached hydrogen (secondary N) is 1. The highest BCUT2D eigenvalue weighted by atomic mass is 16.2. The maximum absolute atomic E-state index is 14.2. The van der Waals surface area contributed by atoms with Crippen LogP contribution in [0.1, 0.15) is 83.6 Å². The van der Waals surface area contributed by atoms with Crippen LogP contribution in [-0.4, -0.2) is 23.8 Å². The third-order valence-electron chi connectivity index (χ3n) is 7.99. The molecule has 1 saturated carbocycles. The minimum absolute atomic E-state index is 0.102. The van der Waals surface area contributed by atoms with Crippen LogP contribution in [0.25, 0.3) is 11.1 Å². The van der Waals surface area contributed by atoms with Gasteiger partial charge in [0.25, 0.3) is 5.91 Å². The number of nitrogens with zero attached hydrogens (tertiary/aromatic N) is 1. The van der Waals surface area contributed by atoms with Crippen LogP contribution in [0.3, 0.4) is 0 Å². The minimum atomic E-state index is -0.775. The molecule has 0 spiro atoms. The first-order valence-corrected chi connectivity index (χ1v) is 13.5. The Morgan fingerprint density at radius 1 is 1.08 bits per heavy atom. The Morgan fingerprint density at radius 2 is 1.81 bits per heavy atom. The first-order chi connectivity index (χ1) is 17.3. The molecule has 3 N–H and O–H groups in total. The van der Waals surface area contributed by atoms with Crippen LogP contribution in [0, 0.1) is 11.8 Å². The normalized spacial score (nSPS) is 19.6. The number of fused-ring (bicyclic) bond motifs is 3.